The highest BCUT2D eigenvalue weighted by atomic mass is 32.2. The summed E-state index contributed by atoms with van der Waals surface area (Å²) in [7, 11) is -3.55. The van der Waals surface area contributed by atoms with Gasteiger partial charge in [0.25, 0.3) is 5.91 Å². The molecule has 0 saturated carbocycles. The van der Waals surface area contributed by atoms with Crippen molar-refractivity contribution < 1.29 is 22.7 Å². The van der Waals surface area contributed by atoms with Gasteiger partial charge in [-0.25, -0.2) is 13.2 Å². The van der Waals surface area contributed by atoms with Crippen LogP contribution in [0.3, 0.4) is 0 Å². The van der Waals surface area contributed by atoms with E-state index in [-0.39, 0.29) is 10.5 Å². The SMILES string of the molecule is C[C@H](OC(=O)c1ccccc1S(C)(=O)=O)C(N)=O. The maximum absolute atomic E-state index is 11.7. The molecular weight excluding hydrogens is 258 g/mol. The molecule has 2 N–H and O–H groups in total. The van der Waals surface area contributed by atoms with E-state index in [4.69, 9.17) is 10.5 Å². The number of benzene rings is 1. The first kappa shape index (κ1) is 14.2. The van der Waals surface area contributed by atoms with Crippen LogP contribution in [0.5, 0.6) is 0 Å². The van der Waals surface area contributed by atoms with Gasteiger partial charge in [0.05, 0.1) is 10.5 Å². The number of hydrogen-bond donors (Lipinski definition) is 1. The fourth-order valence-corrected chi connectivity index (χ4v) is 2.12. The van der Waals surface area contributed by atoms with Crippen LogP contribution in [0.1, 0.15) is 17.3 Å². The summed E-state index contributed by atoms with van der Waals surface area (Å²) in [6.07, 6.45) is -0.137. The Hall–Kier alpha value is -1.89. The fraction of sp³-hybridized carbons (Fsp3) is 0.273. The Morgan fingerprint density at radius 3 is 2.33 bits per heavy atom. The van der Waals surface area contributed by atoms with Crippen molar-refractivity contribution in [3.8, 4) is 0 Å². The summed E-state index contributed by atoms with van der Waals surface area (Å²) in [6.45, 7) is 1.31. The normalized spacial score (nSPS) is 12.8. The van der Waals surface area contributed by atoms with Crippen molar-refractivity contribution in [3.63, 3.8) is 0 Å². The Morgan fingerprint density at radius 1 is 1.28 bits per heavy atom. The van der Waals surface area contributed by atoms with Crippen LogP contribution in [0.15, 0.2) is 29.2 Å². The third-order valence-corrected chi connectivity index (χ3v) is 3.35. The van der Waals surface area contributed by atoms with Crippen molar-refractivity contribution in [3.05, 3.63) is 29.8 Å². The lowest BCUT2D eigenvalue weighted by molar-refractivity contribution is -0.125. The summed E-state index contributed by atoms with van der Waals surface area (Å²) >= 11 is 0. The second kappa shape index (κ2) is 5.18. The average Bonchev–Trinajstić information content (AvgIpc) is 2.27. The molecule has 1 rings (SSSR count). The van der Waals surface area contributed by atoms with Gasteiger partial charge in [0.15, 0.2) is 15.9 Å². The molecule has 0 aliphatic heterocycles. The Labute approximate surface area is 105 Å². The largest absolute Gasteiger partial charge is 0.449 e. The molecule has 6 nitrogen and oxygen atoms in total. The summed E-state index contributed by atoms with van der Waals surface area (Å²) < 4.78 is 27.7. The molecular formula is C11H13NO5S. The first-order valence-electron chi connectivity index (χ1n) is 5.03. The number of esters is 1. The maximum atomic E-state index is 11.7. The Balaban J connectivity index is 3.11. The minimum absolute atomic E-state index is 0.117. The average molecular weight is 271 g/mol. The van der Waals surface area contributed by atoms with E-state index in [2.05, 4.69) is 0 Å². The second-order valence-corrected chi connectivity index (χ2v) is 5.70. The van der Waals surface area contributed by atoms with Crippen LogP contribution in [0.2, 0.25) is 0 Å². The van der Waals surface area contributed by atoms with Gasteiger partial charge >= 0.3 is 5.97 Å². The van der Waals surface area contributed by atoms with Crippen molar-refractivity contribution in [1.82, 2.24) is 0 Å². The number of amides is 1. The van der Waals surface area contributed by atoms with E-state index in [0.717, 1.165) is 6.26 Å². The summed E-state index contributed by atoms with van der Waals surface area (Å²) in [5, 5.41) is 0. The number of carbonyl (C=O) groups is 2. The molecule has 98 valence electrons. The molecule has 18 heavy (non-hydrogen) atoms. The molecule has 0 radical (unpaired) electrons. The molecule has 0 heterocycles. The lowest BCUT2D eigenvalue weighted by Crippen LogP contribution is -2.30. The van der Waals surface area contributed by atoms with Gasteiger partial charge in [0, 0.05) is 6.26 Å². The monoisotopic (exact) mass is 271 g/mol. The summed E-state index contributed by atoms with van der Waals surface area (Å²) in [5.41, 5.74) is 4.83. The van der Waals surface area contributed by atoms with Crippen molar-refractivity contribution in [2.45, 2.75) is 17.9 Å². The third kappa shape index (κ3) is 3.30. The van der Waals surface area contributed by atoms with Crippen LogP contribution in [-0.4, -0.2) is 32.7 Å². The molecule has 0 unspecified atom stereocenters. The van der Waals surface area contributed by atoms with Crippen molar-refractivity contribution in [1.29, 1.82) is 0 Å². The van der Waals surface area contributed by atoms with Gasteiger partial charge in [-0.1, -0.05) is 12.1 Å². The van der Waals surface area contributed by atoms with Crippen LogP contribution < -0.4 is 5.73 Å². The summed E-state index contributed by atoms with van der Waals surface area (Å²) in [5.74, 6) is -1.71. The highest BCUT2D eigenvalue weighted by Gasteiger charge is 2.22. The first-order chi connectivity index (χ1) is 8.23. The number of hydrogen-bond acceptors (Lipinski definition) is 5. The zero-order valence-electron chi connectivity index (χ0n) is 9.91. The second-order valence-electron chi connectivity index (χ2n) is 3.72. The number of rotatable bonds is 4. The Kier molecular flexibility index (Phi) is 4.07. The van der Waals surface area contributed by atoms with E-state index in [0.29, 0.717) is 0 Å². The quantitative estimate of drug-likeness (QED) is 0.783. The fourth-order valence-electron chi connectivity index (χ4n) is 1.24. The minimum atomic E-state index is -3.55. The van der Waals surface area contributed by atoms with Crippen LogP contribution in [0.25, 0.3) is 0 Å². The number of primary amides is 1. The molecule has 0 aliphatic carbocycles. The maximum Gasteiger partial charge on any atom is 0.340 e. The summed E-state index contributed by atoms with van der Waals surface area (Å²) in [6, 6.07) is 5.60. The molecule has 0 aromatic heterocycles. The zero-order valence-corrected chi connectivity index (χ0v) is 10.7. The van der Waals surface area contributed by atoms with Crippen LogP contribution >= 0.6 is 0 Å². The van der Waals surface area contributed by atoms with E-state index in [9.17, 15) is 18.0 Å². The molecule has 1 atom stereocenters. The molecule has 1 aromatic carbocycles. The van der Waals surface area contributed by atoms with Gasteiger partial charge in [-0.2, -0.15) is 0 Å². The van der Waals surface area contributed by atoms with E-state index >= 15 is 0 Å². The van der Waals surface area contributed by atoms with Crippen LogP contribution in [0, 0.1) is 0 Å². The van der Waals surface area contributed by atoms with E-state index in [1.807, 2.05) is 0 Å². The molecule has 7 heteroatoms. The van der Waals surface area contributed by atoms with Gasteiger partial charge in [-0.05, 0) is 19.1 Å². The Bertz CT molecular complexity index is 579. The van der Waals surface area contributed by atoms with Crippen molar-refractivity contribution >= 4 is 21.7 Å². The number of ether oxygens (including phenoxy) is 1. The lowest BCUT2D eigenvalue weighted by atomic mass is 10.2. The van der Waals surface area contributed by atoms with Gasteiger partial charge in [0.1, 0.15) is 0 Å². The van der Waals surface area contributed by atoms with Crippen molar-refractivity contribution in [2.24, 2.45) is 5.73 Å². The van der Waals surface area contributed by atoms with E-state index < -0.39 is 27.8 Å². The number of nitrogens with two attached hydrogens (primary N) is 1. The molecule has 0 fully saturated rings. The minimum Gasteiger partial charge on any atom is -0.449 e. The van der Waals surface area contributed by atoms with Gasteiger partial charge in [-0.3, -0.25) is 4.79 Å². The zero-order chi connectivity index (χ0) is 13.9. The molecule has 0 aliphatic rings. The molecule has 0 bridgehead atoms. The Morgan fingerprint density at radius 2 is 1.83 bits per heavy atom. The third-order valence-electron chi connectivity index (χ3n) is 2.19. The number of carbonyl (C=O) groups excluding carboxylic acids is 2. The number of sulfone groups is 1. The molecule has 0 saturated heterocycles. The lowest BCUT2D eigenvalue weighted by Gasteiger charge is -2.11. The highest BCUT2D eigenvalue weighted by Crippen LogP contribution is 2.16. The van der Waals surface area contributed by atoms with Gasteiger partial charge in [-0.15, -0.1) is 0 Å². The van der Waals surface area contributed by atoms with Crippen LogP contribution in [0.4, 0.5) is 0 Å². The van der Waals surface area contributed by atoms with Gasteiger partial charge in [0.2, 0.25) is 0 Å². The smallest absolute Gasteiger partial charge is 0.340 e. The van der Waals surface area contributed by atoms with Crippen LogP contribution in [-0.2, 0) is 19.4 Å². The van der Waals surface area contributed by atoms with Crippen molar-refractivity contribution in [2.75, 3.05) is 6.26 Å². The highest BCUT2D eigenvalue weighted by molar-refractivity contribution is 7.90. The summed E-state index contributed by atoms with van der Waals surface area (Å²) in [4.78, 5) is 22.4. The molecule has 1 aromatic rings. The van der Waals surface area contributed by atoms with E-state index in [1.165, 1.54) is 31.2 Å². The predicted octanol–water partition coefficient (Wildman–Crippen LogP) is 0.121. The standard InChI is InChI=1S/C11H13NO5S/c1-7(10(12)13)17-11(14)8-5-3-4-6-9(8)18(2,15)16/h3-7H,1-2H3,(H2,12,13)/t7-/m0/s1. The molecule has 0 spiro atoms. The molecule has 1 amide bonds. The van der Waals surface area contributed by atoms with Gasteiger partial charge < -0.3 is 10.5 Å². The van der Waals surface area contributed by atoms with E-state index in [1.54, 1.807) is 0 Å². The topological polar surface area (TPSA) is 104 Å². The first-order valence-corrected chi connectivity index (χ1v) is 6.92. The predicted molar refractivity (Wildman–Crippen MR) is 63.6 cm³/mol.